The van der Waals surface area contributed by atoms with Crippen molar-refractivity contribution in [3.8, 4) is 40.6 Å². The summed E-state index contributed by atoms with van der Waals surface area (Å²) in [4.78, 5) is 6.84. The molecule has 0 aromatic heterocycles. The van der Waals surface area contributed by atoms with Gasteiger partial charge in [0.1, 0.15) is 47.0 Å². The van der Waals surface area contributed by atoms with E-state index in [0.717, 1.165) is 39.5 Å². The molecule has 0 spiro atoms. The van der Waals surface area contributed by atoms with Crippen LogP contribution in [0.3, 0.4) is 0 Å². The van der Waals surface area contributed by atoms with Crippen LogP contribution in [0.1, 0.15) is 61.1 Å². The normalized spacial score (nSPS) is 11.8. The first-order chi connectivity index (χ1) is 29.4. The Balaban J connectivity index is 0.982. The third-order valence-electron chi connectivity index (χ3n) is 11.0. The maximum atomic E-state index is 9.37. The predicted molar refractivity (Wildman–Crippen MR) is 252 cm³/mol. The highest BCUT2D eigenvalue weighted by atomic mass is 28.4. The third-order valence-corrected chi connectivity index (χ3v) is 17.1. The van der Waals surface area contributed by atoms with E-state index >= 15 is 0 Å². The van der Waals surface area contributed by atoms with E-state index in [0.29, 0.717) is 41.0 Å². The van der Waals surface area contributed by atoms with E-state index in [1.54, 1.807) is 24.3 Å². The summed E-state index contributed by atoms with van der Waals surface area (Å²) in [5.74, 6) is 4.16. The number of ether oxygens (including phenoxy) is 4. The fourth-order valence-electron chi connectivity index (χ4n) is 7.28. The van der Waals surface area contributed by atoms with Gasteiger partial charge < -0.3 is 23.1 Å². The van der Waals surface area contributed by atoms with Gasteiger partial charge in [0.2, 0.25) is 16.6 Å². The number of nitriles is 1. The van der Waals surface area contributed by atoms with E-state index in [1.807, 2.05) is 67.6 Å². The molecule has 0 aliphatic carbocycles. The highest BCUT2D eigenvalue weighted by Gasteiger charge is 2.35. The first-order valence-corrected chi connectivity index (χ1v) is 26.8. The summed E-state index contributed by atoms with van der Waals surface area (Å²) in [6.07, 6.45) is 1.05. The molecule has 0 atom stereocenters. The molecule has 6 aromatic carbocycles. The van der Waals surface area contributed by atoms with E-state index in [1.165, 1.54) is 5.56 Å². The monoisotopic (exact) mass is 855 g/mol. The molecule has 6 aromatic rings. The first-order valence-electron chi connectivity index (χ1n) is 20.5. The van der Waals surface area contributed by atoms with Gasteiger partial charge in [-0.25, -0.2) is 4.85 Å². The van der Waals surface area contributed by atoms with Crippen molar-refractivity contribution >= 4 is 28.0 Å². The van der Waals surface area contributed by atoms with Crippen molar-refractivity contribution in [1.29, 1.82) is 5.26 Å². The highest BCUT2D eigenvalue weighted by Crippen LogP contribution is 2.38. The average molecular weight is 856 g/mol. The largest absolute Gasteiger partial charge is 0.494 e. The van der Waals surface area contributed by atoms with E-state index in [4.69, 9.17) is 36.2 Å². The van der Waals surface area contributed by atoms with Crippen molar-refractivity contribution in [2.24, 2.45) is 0 Å². The Bertz CT molecular complexity index is 2640. The molecule has 62 heavy (non-hydrogen) atoms. The number of benzene rings is 6. The van der Waals surface area contributed by atoms with Crippen molar-refractivity contribution in [2.75, 3.05) is 12.5 Å². The Morgan fingerprint density at radius 1 is 0.500 bits per heavy atom. The average Bonchev–Trinajstić information content (AvgIpc) is 3.26. The summed E-state index contributed by atoms with van der Waals surface area (Å²) in [6.45, 7) is 34.1. The van der Waals surface area contributed by atoms with Crippen LogP contribution in [0.2, 0.25) is 26.2 Å². The molecule has 0 radical (unpaired) electrons. The molecule has 0 aliphatic rings. The van der Waals surface area contributed by atoms with Gasteiger partial charge in [-0.05, 0) is 134 Å². The minimum absolute atomic E-state index is 0.247. The quantitative estimate of drug-likeness (QED) is 0.0713. The van der Waals surface area contributed by atoms with E-state index < -0.39 is 16.6 Å². The van der Waals surface area contributed by atoms with Crippen LogP contribution in [0, 0.1) is 31.4 Å². The van der Waals surface area contributed by atoms with Crippen LogP contribution in [0.4, 0.5) is 11.4 Å². The van der Waals surface area contributed by atoms with Crippen LogP contribution < -0.4 is 18.9 Å². The fraction of sp³-hybridized carbons (Fsp3) is 0.250. The highest BCUT2D eigenvalue weighted by molar-refractivity contribution is 6.84. The van der Waals surface area contributed by atoms with Gasteiger partial charge in [-0.3, -0.25) is 4.85 Å². The molecule has 0 bridgehead atoms. The van der Waals surface area contributed by atoms with Gasteiger partial charge in [-0.1, -0.05) is 88.4 Å². The van der Waals surface area contributed by atoms with Crippen molar-refractivity contribution in [3.05, 3.63) is 190 Å². The molecular formula is C52H53N3O5Si2. The fourth-order valence-corrected chi connectivity index (χ4v) is 14.8. The van der Waals surface area contributed by atoms with Gasteiger partial charge in [0.15, 0.2) is 11.4 Å². The molecule has 8 nitrogen and oxygen atoms in total. The second-order valence-corrected chi connectivity index (χ2v) is 26.1. The van der Waals surface area contributed by atoms with E-state index in [2.05, 4.69) is 118 Å². The molecule has 6 rings (SSSR count). The molecule has 0 saturated heterocycles. The van der Waals surface area contributed by atoms with Crippen LogP contribution in [-0.2, 0) is 14.9 Å². The van der Waals surface area contributed by atoms with Gasteiger partial charge in [-0.2, -0.15) is 5.26 Å². The smallest absolute Gasteiger partial charge is 0.213 e. The Morgan fingerprint density at radius 2 is 0.855 bits per heavy atom. The van der Waals surface area contributed by atoms with Crippen LogP contribution in [0.15, 0.2) is 133 Å². The molecule has 10 heteroatoms. The standard InChI is InChI=1S/C52H53N3O5Si2/c1-37-12-21-47(32-38(37)34-53)58-45-26-17-41(18-27-45)51(2,3)39-13-22-43(23-14-39)56-35-61(8,9)60-62(10,11)36-57-44-24-15-40(16-25-44)52(4,5)42-19-28-46(29-20-42)59-48-30-31-49(54-6)50(33-48)55-7/h12-33H,35-36H2,1-5,8-11H3. The Labute approximate surface area is 369 Å². The number of hydrogen-bond donors (Lipinski definition) is 0. The maximum absolute atomic E-state index is 9.37. The molecule has 0 unspecified atom stereocenters. The molecule has 314 valence electrons. The van der Waals surface area contributed by atoms with Crippen LogP contribution in [-0.4, -0.2) is 29.1 Å². The van der Waals surface area contributed by atoms with Gasteiger partial charge in [0, 0.05) is 10.8 Å². The second kappa shape index (κ2) is 18.6. The van der Waals surface area contributed by atoms with Crippen LogP contribution in [0.5, 0.6) is 34.5 Å². The summed E-state index contributed by atoms with van der Waals surface area (Å²) in [5, 5.41) is 9.37. The zero-order valence-corrected chi connectivity index (χ0v) is 39.0. The Morgan fingerprint density at radius 3 is 1.24 bits per heavy atom. The topological polar surface area (TPSA) is 78.7 Å². The van der Waals surface area contributed by atoms with Crippen molar-refractivity contribution in [2.45, 2.75) is 71.6 Å². The molecule has 0 saturated carbocycles. The summed E-state index contributed by atoms with van der Waals surface area (Å²) in [5.41, 5.74) is 6.22. The van der Waals surface area contributed by atoms with E-state index in [9.17, 15) is 5.26 Å². The molecule has 0 N–H and O–H groups in total. The Hall–Kier alpha value is -6.62. The van der Waals surface area contributed by atoms with Crippen LogP contribution >= 0.6 is 0 Å². The number of aryl methyl sites for hydroxylation is 1. The van der Waals surface area contributed by atoms with Crippen molar-refractivity contribution in [1.82, 2.24) is 0 Å². The summed E-state index contributed by atoms with van der Waals surface area (Å²) >= 11 is 0. The zero-order valence-electron chi connectivity index (χ0n) is 37.0. The lowest BCUT2D eigenvalue weighted by Crippen LogP contribution is -2.51. The first kappa shape index (κ1) is 44.9. The number of rotatable bonds is 16. The summed E-state index contributed by atoms with van der Waals surface area (Å²) in [7, 11) is -4.42. The lowest BCUT2D eigenvalue weighted by atomic mass is 9.78. The van der Waals surface area contributed by atoms with Gasteiger partial charge in [0.05, 0.1) is 24.8 Å². The van der Waals surface area contributed by atoms with E-state index in [-0.39, 0.29) is 16.5 Å². The second-order valence-electron chi connectivity index (χ2n) is 17.7. The summed E-state index contributed by atoms with van der Waals surface area (Å²) < 4.78 is 31.5. The molecule has 0 aliphatic heterocycles. The predicted octanol–water partition coefficient (Wildman–Crippen LogP) is 14.2. The third kappa shape index (κ3) is 11.0. The minimum atomic E-state index is -2.21. The van der Waals surface area contributed by atoms with Crippen molar-refractivity contribution in [3.63, 3.8) is 0 Å². The minimum Gasteiger partial charge on any atom is -0.494 e. The van der Waals surface area contributed by atoms with Gasteiger partial charge >= 0.3 is 0 Å². The Kier molecular flexibility index (Phi) is 13.4. The molecular weight excluding hydrogens is 803 g/mol. The maximum Gasteiger partial charge on any atom is 0.213 e. The molecule has 0 heterocycles. The lowest BCUT2D eigenvalue weighted by Gasteiger charge is -2.33. The summed E-state index contributed by atoms with van der Waals surface area (Å²) in [6, 6.07) is 45.4. The zero-order chi connectivity index (χ0) is 44.7. The number of nitrogens with zero attached hydrogens (tertiary/aromatic N) is 3. The molecule has 0 amide bonds. The molecule has 0 fully saturated rings. The number of hydrogen-bond acceptors (Lipinski definition) is 6. The van der Waals surface area contributed by atoms with Gasteiger partial charge in [0.25, 0.3) is 0 Å². The van der Waals surface area contributed by atoms with Gasteiger partial charge in [-0.15, -0.1) is 0 Å². The van der Waals surface area contributed by atoms with Crippen molar-refractivity contribution < 1.29 is 23.1 Å². The SMILES string of the molecule is [C-]#[N+]c1ccc(Oc2ccc(C(C)(C)c3ccc(OC[Si](C)(C)O[Si](C)(C)COc4ccc(C(C)(C)c5ccc(Oc6ccc(C)c(C#N)c6)cc5)cc4)cc3)cc2)cc1[N+]#[C-]. The van der Waals surface area contributed by atoms with Crippen LogP contribution in [0.25, 0.3) is 9.69 Å². The lowest BCUT2D eigenvalue weighted by molar-refractivity contribution is 0.329.